The van der Waals surface area contributed by atoms with Crippen LogP contribution in [0, 0.1) is 0 Å². The molecule has 0 fully saturated rings. The molecule has 0 radical (unpaired) electrons. The molecule has 6 nitrogen and oxygen atoms in total. The zero-order valence-electron chi connectivity index (χ0n) is 4.61. The van der Waals surface area contributed by atoms with Gasteiger partial charge in [0.1, 0.15) is 0 Å². The van der Waals surface area contributed by atoms with E-state index in [0.717, 1.165) is 0 Å². The molecule has 0 rings (SSSR count). The average molecular weight is 130 g/mol. The Labute approximate surface area is 46.2 Å². The van der Waals surface area contributed by atoms with Gasteiger partial charge in [0.05, 0.1) is 0 Å². The summed E-state index contributed by atoms with van der Waals surface area (Å²) in [4.78, 5) is 0. The van der Waals surface area contributed by atoms with Crippen molar-refractivity contribution in [2.24, 2.45) is 0 Å². The van der Waals surface area contributed by atoms with Gasteiger partial charge in [-0.3, -0.25) is 10.5 Å². The van der Waals surface area contributed by atoms with E-state index in [2.05, 4.69) is 10.1 Å². The largest absolute Gasteiger partial charge is 0.255 e. The summed E-state index contributed by atoms with van der Waals surface area (Å²) in [6.45, 7) is 4.00. The van der Waals surface area contributed by atoms with E-state index in [9.17, 15) is 0 Å². The van der Waals surface area contributed by atoms with E-state index in [4.69, 9.17) is 21.0 Å². The van der Waals surface area contributed by atoms with E-state index < -0.39 is 0 Å². The molecule has 0 amide bonds. The Morgan fingerprint density at radius 2 is 1.00 bits per heavy atom. The summed E-state index contributed by atoms with van der Waals surface area (Å²) < 4.78 is 0. The Morgan fingerprint density at radius 1 is 0.875 bits per heavy atom. The van der Waals surface area contributed by atoms with E-state index in [1.54, 1.807) is 0 Å². The molecule has 0 aromatic rings. The zero-order valence-corrected chi connectivity index (χ0v) is 4.61. The van der Waals surface area contributed by atoms with Crippen LogP contribution < -0.4 is 0 Å². The van der Waals surface area contributed by atoms with Gasteiger partial charge < -0.3 is 0 Å². The molecule has 0 spiro atoms. The Hall–Kier alpha value is -0.240. The summed E-state index contributed by atoms with van der Waals surface area (Å²) in [5, 5.41) is 31.0. The van der Waals surface area contributed by atoms with Gasteiger partial charge in [-0.05, 0) is 10.1 Å². The van der Waals surface area contributed by atoms with Crippen LogP contribution in [0.4, 0.5) is 0 Å². The van der Waals surface area contributed by atoms with Crippen molar-refractivity contribution in [1.82, 2.24) is 0 Å². The molecule has 0 aliphatic heterocycles. The summed E-state index contributed by atoms with van der Waals surface area (Å²) >= 11 is 0. The smallest absolute Gasteiger partial charge is 0.0395 e. The van der Waals surface area contributed by atoms with Gasteiger partial charge in [-0.15, -0.1) is 0 Å². The SMILES string of the molecule is CC.OO.OOOO. The Morgan fingerprint density at radius 3 is 1.00 bits per heavy atom. The van der Waals surface area contributed by atoms with Crippen LogP contribution in [0.25, 0.3) is 0 Å². The maximum Gasteiger partial charge on any atom is -0.0395 e. The first-order valence-electron chi connectivity index (χ1n) is 1.73. The molecular formula is C2H10O6. The third-order valence-electron chi connectivity index (χ3n) is 0.0333. The number of rotatable bonds is 1. The van der Waals surface area contributed by atoms with Crippen LogP contribution in [0.3, 0.4) is 0 Å². The van der Waals surface area contributed by atoms with E-state index >= 15 is 0 Å². The fraction of sp³-hybridized carbons (Fsp3) is 1.00. The summed E-state index contributed by atoms with van der Waals surface area (Å²) in [7, 11) is 0. The van der Waals surface area contributed by atoms with E-state index in [0.29, 0.717) is 0 Å². The van der Waals surface area contributed by atoms with Crippen molar-refractivity contribution in [3.63, 3.8) is 0 Å². The molecule has 8 heavy (non-hydrogen) atoms. The van der Waals surface area contributed by atoms with Crippen molar-refractivity contribution in [3.8, 4) is 0 Å². The molecule has 0 aromatic carbocycles. The first-order valence-corrected chi connectivity index (χ1v) is 1.73. The first-order chi connectivity index (χ1) is 3.91. The molecule has 0 saturated carbocycles. The lowest BCUT2D eigenvalue weighted by atomic mass is 11.0. The Bertz CT molecular complexity index is 8.49. The van der Waals surface area contributed by atoms with Gasteiger partial charge in [0.15, 0.2) is 0 Å². The molecule has 54 valence electrons. The van der Waals surface area contributed by atoms with Crippen molar-refractivity contribution in [3.05, 3.63) is 0 Å². The topological polar surface area (TPSA) is 99.4 Å². The third kappa shape index (κ3) is 226. The molecule has 6 heteroatoms. The molecule has 0 saturated heterocycles. The molecule has 0 atom stereocenters. The van der Waals surface area contributed by atoms with Gasteiger partial charge in [-0.25, -0.2) is 10.5 Å². The average Bonchev–Trinajstić information content (AvgIpc) is 1.96. The van der Waals surface area contributed by atoms with Gasteiger partial charge >= 0.3 is 0 Å². The van der Waals surface area contributed by atoms with E-state index in [-0.39, 0.29) is 0 Å². The third-order valence-corrected chi connectivity index (χ3v) is 0.0333. The highest BCUT2D eigenvalue weighted by molar-refractivity contribution is 3.50. The minimum atomic E-state index is 2.00. The van der Waals surface area contributed by atoms with Gasteiger partial charge in [-0.2, -0.15) is 0 Å². The van der Waals surface area contributed by atoms with Crippen LogP contribution in [-0.2, 0) is 10.1 Å². The number of hydrogen-bond donors (Lipinski definition) is 4. The maximum absolute atomic E-state index is 6.90. The standard InChI is InChI=1S/C2H6.H2O4.H2O2/c1-2;1-3-4-2;1-2/h1-2H3;1-2H;1-2H. The van der Waals surface area contributed by atoms with E-state index in [1.807, 2.05) is 13.8 Å². The second kappa shape index (κ2) is 72.4. The summed E-state index contributed by atoms with van der Waals surface area (Å²) in [5.41, 5.74) is 0. The van der Waals surface area contributed by atoms with Crippen molar-refractivity contribution >= 4 is 0 Å². The Balaban J connectivity index is -0.0000000542. The lowest BCUT2D eigenvalue weighted by Crippen LogP contribution is -1.75. The molecule has 0 aliphatic rings. The predicted molar refractivity (Wildman–Crippen MR) is 24.0 cm³/mol. The van der Waals surface area contributed by atoms with Crippen LogP contribution >= 0.6 is 0 Å². The van der Waals surface area contributed by atoms with Crippen LogP contribution in [0.1, 0.15) is 13.8 Å². The van der Waals surface area contributed by atoms with Gasteiger partial charge in [0.25, 0.3) is 0 Å². The minimum absolute atomic E-state index is 2.00. The van der Waals surface area contributed by atoms with Crippen molar-refractivity contribution < 1.29 is 31.1 Å². The summed E-state index contributed by atoms with van der Waals surface area (Å²) in [6, 6.07) is 0. The lowest BCUT2D eigenvalue weighted by molar-refractivity contribution is -0.611. The van der Waals surface area contributed by atoms with Crippen LogP contribution in [-0.4, -0.2) is 21.0 Å². The molecule has 0 unspecified atom stereocenters. The normalized spacial score (nSPS) is 5.25. The minimum Gasteiger partial charge on any atom is -0.255 e. The highest BCUT2D eigenvalue weighted by atomic mass is 17.6. The van der Waals surface area contributed by atoms with Crippen molar-refractivity contribution in [2.45, 2.75) is 13.8 Å². The fourth-order valence-corrected chi connectivity index (χ4v) is 0. The van der Waals surface area contributed by atoms with Crippen molar-refractivity contribution in [2.75, 3.05) is 0 Å². The molecule has 0 aromatic heterocycles. The predicted octanol–water partition coefficient (Wildman–Crippen LogP) is 0.924. The van der Waals surface area contributed by atoms with Crippen molar-refractivity contribution in [1.29, 1.82) is 0 Å². The second-order valence-electron chi connectivity index (χ2n) is 0.149. The van der Waals surface area contributed by atoms with Gasteiger partial charge in [0.2, 0.25) is 0 Å². The first kappa shape index (κ1) is 15.7. The quantitative estimate of drug-likeness (QED) is 0.311. The molecule has 0 aliphatic carbocycles. The Kier molecular flexibility index (Phi) is 142. The van der Waals surface area contributed by atoms with Crippen LogP contribution in [0.2, 0.25) is 0 Å². The maximum atomic E-state index is 6.90. The van der Waals surface area contributed by atoms with Gasteiger partial charge in [-0.1, -0.05) is 13.8 Å². The lowest BCUT2D eigenvalue weighted by Gasteiger charge is -1.71. The molecule has 4 N–H and O–H groups in total. The van der Waals surface area contributed by atoms with Gasteiger partial charge in [0, 0.05) is 0 Å². The highest BCUT2D eigenvalue weighted by Crippen LogP contribution is 1.49. The molecular weight excluding hydrogens is 120 g/mol. The monoisotopic (exact) mass is 130 g/mol. The summed E-state index contributed by atoms with van der Waals surface area (Å²) in [5.74, 6) is 0. The van der Waals surface area contributed by atoms with E-state index in [1.165, 1.54) is 0 Å². The fourth-order valence-electron chi connectivity index (χ4n) is 0. The zero-order chi connectivity index (χ0) is 7.41. The van der Waals surface area contributed by atoms with Crippen LogP contribution in [0.15, 0.2) is 0 Å². The molecule has 0 heterocycles. The van der Waals surface area contributed by atoms with Crippen LogP contribution in [0.5, 0.6) is 0 Å². The number of hydrogen-bond acceptors (Lipinski definition) is 6. The summed E-state index contributed by atoms with van der Waals surface area (Å²) in [6.07, 6.45) is 0. The molecule has 0 bridgehead atoms. The highest BCUT2D eigenvalue weighted by Gasteiger charge is 1.53. The second-order valence-corrected chi connectivity index (χ2v) is 0.149.